The van der Waals surface area contributed by atoms with E-state index in [1.54, 1.807) is 79.7 Å². The van der Waals surface area contributed by atoms with Crippen LogP contribution in [0.15, 0.2) is 48.5 Å². The van der Waals surface area contributed by atoms with Crippen molar-refractivity contribution in [1.82, 2.24) is 0 Å². The second-order valence-electron chi connectivity index (χ2n) is 17.7. The van der Waals surface area contributed by atoms with Crippen LogP contribution in [0.4, 0.5) is 0 Å². The quantitative estimate of drug-likeness (QED) is 0.0358. The number of ether oxygens (including phenoxy) is 16. The lowest BCUT2D eigenvalue weighted by molar-refractivity contribution is -0.146. The third kappa shape index (κ3) is 20.8. The van der Waals surface area contributed by atoms with Gasteiger partial charge in [0, 0.05) is 49.9 Å². The monoisotopic (exact) mass is 1180 g/mol. The van der Waals surface area contributed by atoms with Crippen LogP contribution in [-0.4, -0.2) is 153 Å². The first-order valence-corrected chi connectivity index (χ1v) is 27.5. The Labute approximate surface area is 486 Å². The van der Waals surface area contributed by atoms with Crippen molar-refractivity contribution >= 4 is 47.8 Å². The average molecular weight is 1180 g/mol. The molecule has 4 aromatic rings. The second-order valence-corrected chi connectivity index (χ2v) is 17.7. The largest absolute Gasteiger partial charge is 0.481 e. The molecule has 0 unspecified atom stereocenters. The molecule has 0 fully saturated rings. The Balaban J connectivity index is 1.96. The molecule has 4 aromatic carbocycles. The van der Waals surface area contributed by atoms with E-state index in [1.807, 2.05) is 0 Å². The van der Waals surface area contributed by atoms with Crippen LogP contribution in [0.1, 0.15) is 99.9 Å². The van der Waals surface area contributed by atoms with E-state index in [0.29, 0.717) is 44.5 Å². The highest BCUT2D eigenvalue weighted by molar-refractivity contribution is 5.75. The van der Waals surface area contributed by atoms with Crippen molar-refractivity contribution in [3.63, 3.8) is 0 Å². The molecule has 8 bridgehead atoms. The van der Waals surface area contributed by atoms with Gasteiger partial charge in [0.1, 0.15) is 46.0 Å². The summed E-state index contributed by atoms with van der Waals surface area (Å²) in [5.41, 5.74) is 3.03. The summed E-state index contributed by atoms with van der Waals surface area (Å²) in [4.78, 5) is 104. The van der Waals surface area contributed by atoms with Crippen molar-refractivity contribution in [3.05, 3.63) is 93.0 Å². The number of carbonyl (C=O) groups is 8. The van der Waals surface area contributed by atoms with Crippen molar-refractivity contribution in [2.45, 2.75) is 81.1 Å². The number of hydrogen-bond acceptors (Lipinski definition) is 24. The molecular weight excluding hydrogens is 1100 g/mol. The Hall–Kier alpha value is -8.96. The van der Waals surface area contributed by atoms with E-state index >= 15 is 0 Å². The fourth-order valence-corrected chi connectivity index (χ4v) is 8.34. The lowest BCUT2D eigenvalue weighted by Crippen LogP contribution is -2.19. The van der Waals surface area contributed by atoms with Gasteiger partial charge >= 0.3 is 47.8 Å². The zero-order chi connectivity index (χ0) is 61.0. The first kappa shape index (κ1) is 65.8. The van der Waals surface area contributed by atoms with E-state index in [1.165, 1.54) is 24.3 Å². The number of esters is 8. The topological polar surface area (TPSA) is 284 Å². The molecule has 0 spiro atoms. The lowest BCUT2D eigenvalue weighted by Gasteiger charge is -2.23. The molecule has 0 N–H and O–H groups in total. The molecule has 1 aliphatic carbocycles. The van der Waals surface area contributed by atoms with Crippen molar-refractivity contribution in [2.75, 3.05) is 106 Å². The maximum absolute atomic E-state index is 13.0. The Bertz CT molecular complexity index is 2370. The molecule has 0 saturated carbocycles. The minimum absolute atomic E-state index is 0.0477. The Morgan fingerprint density at radius 2 is 0.345 bits per heavy atom. The summed E-state index contributed by atoms with van der Waals surface area (Å²) >= 11 is 0. The van der Waals surface area contributed by atoms with Gasteiger partial charge in [-0.3, -0.25) is 0 Å². The predicted octanol–water partition coefficient (Wildman–Crippen LogP) is 5.90. The van der Waals surface area contributed by atoms with Gasteiger partial charge in [-0.05, 0) is 124 Å². The second kappa shape index (κ2) is 34.5. The van der Waals surface area contributed by atoms with E-state index in [2.05, 4.69) is 0 Å². The van der Waals surface area contributed by atoms with Gasteiger partial charge in [0.15, 0.2) is 52.9 Å². The SMILES string of the molecule is CCOC(=O)COc1cc(OCC(=O)OCC)c2cc1Cc1cc(c(OCC(=O)OCC)cc1OCC(=O)OCC)Cc1cc(c(OCC(=O)OCC)cc1OCC(=O)OCC)Cc1cc(c(OCC(=O)OCC)cc1OCC(=O)OCC)C2. The average Bonchev–Trinajstić information content (AvgIpc) is 3.22. The van der Waals surface area contributed by atoms with Crippen LogP contribution in [0.25, 0.3) is 0 Å². The van der Waals surface area contributed by atoms with Crippen LogP contribution in [0, 0.1) is 0 Å². The summed E-state index contributed by atoms with van der Waals surface area (Å²) in [7, 11) is 0. The molecule has 84 heavy (non-hydrogen) atoms. The zero-order valence-corrected chi connectivity index (χ0v) is 48.6. The molecule has 0 radical (unpaired) electrons. The van der Waals surface area contributed by atoms with Crippen LogP contribution >= 0.6 is 0 Å². The van der Waals surface area contributed by atoms with Crippen molar-refractivity contribution in [3.8, 4) is 46.0 Å². The highest BCUT2D eigenvalue weighted by atomic mass is 16.6. The highest BCUT2D eigenvalue weighted by Crippen LogP contribution is 2.42. The number of carbonyl (C=O) groups excluding carboxylic acids is 8. The molecule has 0 heterocycles. The van der Waals surface area contributed by atoms with E-state index in [-0.39, 0.29) is 125 Å². The molecule has 456 valence electrons. The fraction of sp³-hybridized carbons (Fsp3) is 0.467. The molecule has 0 aromatic heterocycles. The maximum atomic E-state index is 13.0. The number of hydrogen-bond donors (Lipinski definition) is 0. The van der Waals surface area contributed by atoms with Gasteiger partial charge in [0.25, 0.3) is 0 Å². The van der Waals surface area contributed by atoms with Gasteiger partial charge in [-0.15, -0.1) is 0 Å². The van der Waals surface area contributed by atoms with Crippen LogP contribution in [-0.2, 0) is 102 Å². The molecule has 0 aliphatic heterocycles. The molecule has 1 aliphatic rings. The van der Waals surface area contributed by atoms with E-state index in [9.17, 15) is 38.4 Å². The summed E-state index contributed by atoms with van der Waals surface area (Å²) in [6.07, 6.45) is -0.433. The molecule has 24 nitrogen and oxygen atoms in total. The van der Waals surface area contributed by atoms with Crippen LogP contribution < -0.4 is 37.9 Å². The highest BCUT2D eigenvalue weighted by Gasteiger charge is 2.26. The molecular formula is C60H72O24. The lowest BCUT2D eigenvalue weighted by atomic mass is 9.91. The van der Waals surface area contributed by atoms with Crippen LogP contribution in [0.3, 0.4) is 0 Å². The van der Waals surface area contributed by atoms with E-state index in [4.69, 9.17) is 75.8 Å². The smallest absolute Gasteiger partial charge is 0.344 e. The van der Waals surface area contributed by atoms with Gasteiger partial charge in [-0.1, -0.05) is 0 Å². The third-order valence-corrected chi connectivity index (χ3v) is 11.7. The molecule has 24 heteroatoms. The van der Waals surface area contributed by atoms with E-state index in [0.717, 1.165) is 0 Å². The summed E-state index contributed by atoms with van der Waals surface area (Å²) in [6, 6.07) is 12.7. The van der Waals surface area contributed by atoms with Gasteiger partial charge in [0.2, 0.25) is 0 Å². The van der Waals surface area contributed by atoms with Gasteiger partial charge < -0.3 is 75.8 Å². The van der Waals surface area contributed by atoms with Gasteiger partial charge in [0.05, 0.1) is 52.9 Å². The normalized spacial score (nSPS) is 11.3. The summed E-state index contributed by atoms with van der Waals surface area (Å²) in [6.45, 7) is 8.84. The molecule has 0 atom stereocenters. The molecule has 0 amide bonds. The number of fused-ring (bicyclic) bond motifs is 8. The molecule has 5 rings (SSSR count). The summed E-state index contributed by atoms with van der Waals surface area (Å²) in [5.74, 6) is -5.07. The predicted molar refractivity (Wildman–Crippen MR) is 294 cm³/mol. The summed E-state index contributed by atoms with van der Waals surface area (Å²) in [5, 5.41) is 0. The molecule has 0 saturated heterocycles. The van der Waals surface area contributed by atoms with Crippen molar-refractivity contribution in [2.24, 2.45) is 0 Å². The van der Waals surface area contributed by atoms with Gasteiger partial charge in [-0.2, -0.15) is 0 Å². The number of benzene rings is 4. The zero-order valence-electron chi connectivity index (χ0n) is 48.6. The Kier molecular flexibility index (Phi) is 27.0. The Morgan fingerprint density at radius 1 is 0.226 bits per heavy atom. The third-order valence-electron chi connectivity index (χ3n) is 11.7. The first-order valence-electron chi connectivity index (χ1n) is 27.5. The summed E-state index contributed by atoms with van der Waals surface area (Å²) < 4.78 is 91.3. The van der Waals surface area contributed by atoms with Crippen LogP contribution in [0.5, 0.6) is 46.0 Å². The van der Waals surface area contributed by atoms with Gasteiger partial charge in [-0.25, -0.2) is 38.4 Å². The number of rotatable bonds is 32. The first-order chi connectivity index (χ1) is 40.5. The standard InChI is InChI=1S/C60H72O24/c1-9-69-53(61)29-77-45-25-46(78-30-54(62)70-10-2)38-17-37(45)21-39-18-40(48(80-32-56(64)72-12-4)26-47(39)79-31-55(63)71-11-3)23-43-20-44(52(84-36-60(68)76-16-8)28-51(43)83-35-59(67)75-15-7)24-42-19-41(22-38)49(81-33-57(65)73-13-5)27-50(42)82-34-58(66)74-14-6/h17-20,25-28H,9-16,21-24,29-36H2,1-8H3. The van der Waals surface area contributed by atoms with Crippen molar-refractivity contribution < 1.29 is 114 Å². The minimum Gasteiger partial charge on any atom is -0.481 e. The maximum Gasteiger partial charge on any atom is 0.344 e. The van der Waals surface area contributed by atoms with Crippen molar-refractivity contribution in [1.29, 1.82) is 0 Å². The Morgan fingerprint density at radius 3 is 0.452 bits per heavy atom. The fourth-order valence-electron chi connectivity index (χ4n) is 8.34. The van der Waals surface area contributed by atoms with Crippen LogP contribution in [0.2, 0.25) is 0 Å². The minimum atomic E-state index is -0.710. The van der Waals surface area contributed by atoms with E-state index < -0.39 is 101 Å².